The van der Waals surface area contributed by atoms with Crippen LogP contribution in [0.25, 0.3) is 0 Å². The second-order valence-corrected chi connectivity index (χ2v) is 11.7. The summed E-state index contributed by atoms with van der Waals surface area (Å²) >= 11 is -5.94. The Kier molecular flexibility index (Phi) is 23.9. The zero-order chi connectivity index (χ0) is 30.7. The van der Waals surface area contributed by atoms with E-state index >= 15 is 0 Å². The van der Waals surface area contributed by atoms with Gasteiger partial charge in [-0.25, -0.2) is 0 Å². The third kappa shape index (κ3) is 21.8. The molecular formula is C24H41INNaO14. The molecule has 17 heteroatoms. The van der Waals surface area contributed by atoms with Crippen LogP contribution in [-0.2, 0) is 23.9 Å². The van der Waals surface area contributed by atoms with Gasteiger partial charge in [-0.15, -0.1) is 5.16 Å². The van der Waals surface area contributed by atoms with Gasteiger partial charge in [0.15, 0.2) is 11.6 Å². The summed E-state index contributed by atoms with van der Waals surface area (Å²) in [5.74, 6) is -3.86. The van der Waals surface area contributed by atoms with Crippen molar-refractivity contribution in [3.05, 3.63) is 0 Å². The fourth-order valence-corrected chi connectivity index (χ4v) is 4.33. The van der Waals surface area contributed by atoms with E-state index in [1.807, 2.05) is 0 Å². The summed E-state index contributed by atoms with van der Waals surface area (Å²) in [5, 5.41) is 47.8. The van der Waals surface area contributed by atoms with Crippen LogP contribution in [0.3, 0.4) is 0 Å². The minimum absolute atomic E-state index is 0. The maximum atomic E-state index is 10.4. The summed E-state index contributed by atoms with van der Waals surface area (Å²) in [6.45, 7) is 0. The monoisotopic (exact) mass is 717 g/mol. The number of hydrogen-bond donors (Lipinski definition) is 5. The predicted octanol–water partition coefficient (Wildman–Crippen LogP) is -7.53. The number of unbranched alkanes of at least 4 members (excludes halogenated alkanes) is 4. The average Bonchev–Trinajstić information content (AvgIpc) is 2.84. The smallest absolute Gasteiger partial charge is 0.481 e. The molecule has 0 amide bonds. The first-order valence-electron chi connectivity index (χ1n) is 13.1. The predicted molar refractivity (Wildman–Crippen MR) is 125 cm³/mol. The summed E-state index contributed by atoms with van der Waals surface area (Å²) in [7, 11) is 0. The molecule has 0 aromatic rings. The molecule has 4 unspecified atom stereocenters. The van der Waals surface area contributed by atoms with Crippen molar-refractivity contribution >= 4 is 24.4 Å². The molecule has 3 rings (SSSR count). The minimum atomic E-state index is -5.94. The van der Waals surface area contributed by atoms with Crippen molar-refractivity contribution in [1.82, 2.24) is 0 Å². The molecule has 0 bridgehead atoms. The number of carboxylic acid groups (broad SMARTS) is 2. The van der Waals surface area contributed by atoms with Gasteiger partial charge in [0.05, 0.1) is 0 Å². The molecule has 0 aromatic heterocycles. The van der Waals surface area contributed by atoms with Gasteiger partial charge in [0, 0.05) is 38.3 Å². The molecule has 1 heterocycles. The number of carbonyl (C=O) groups excluding carboxylic acids is 1. The zero-order valence-corrected chi connectivity index (χ0v) is 27.5. The van der Waals surface area contributed by atoms with Gasteiger partial charge in [-0.3, -0.25) is 23.3 Å². The summed E-state index contributed by atoms with van der Waals surface area (Å²) in [6.07, 6.45) is 12.5. The third-order valence-electron chi connectivity index (χ3n) is 6.22. The van der Waals surface area contributed by atoms with E-state index < -0.39 is 43.6 Å². The molecule has 0 radical (unpaired) electrons. The molecule has 1 saturated heterocycles. The number of rotatable bonds is 10. The molecular weight excluding hydrogens is 676 g/mol. The van der Waals surface area contributed by atoms with Gasteiger partial charge >= 0.3 is 41.5 Å². The van der Waals surface area contributed by atoms with Crippen LogP contribution in [0.5, 0.6) is 0 Å². The van der Waals surface area contributed by atoms with Crippen molar-refractivity contribution in [3.63, 3.8) is 0 Å². The summed E-state index contributed by atoms with van der Waals surface area (Å²) in [5.41, 5.74) is 0. The van der Waals surface area contributed by atoms with Crippen LogP contribution in [0.15, 0.2) is 5.16 Å². The number of fused-ring (bicyclic) bond motifs is 2. The fourth-order valence-electron chi connectivity index (χ4n) is 4.33. The summed E-state index contributed by atoms with van der Waals surface area (Å²) in [6, 6.07) is 0. The Morgan fingerprint density at radius 1 is 0.805 bits per heavy atom. The van der Waals surface area contributed by atoms with E-state index in [0.717, 1.165) is 51.2 Å². The molecule has 3 fully saturated rings. The molecule has 41 heavy (non-hydrogen) atoms. The van der Waals surface area contributed by atoms with Crippen molar-refractivity contribution < 1.29 is 113 Å². The number of carbonyl (C=O) groups is 3. The SMILES string of the molecule is O=C(O)CCCC/C=N/O.O=CCCCCC(=O)O.OC12CCCCC1OC1(O)CCCCC1O2.[Na+].[O-][I+3]([O-])([O-])[O-]. The first-order chi connectivity index (χ1) is 18.7. The van der Waals surface area contributed by atoms with Crippen molar-refractivity contribution in [2.75, 3.05) is 0 Å². The molecule has 4 atom stereocenters. The van der Waals surface area contributed by atoms with Gasteiger partial charge in [0.25, 0.3) is 0 Å². The number of carboxylic acids is 2. The van der Waals surface area contributed by atoms with Crippen LogP contribution in [0, 0.1) is 0 Å². The number of aliphatic hydroxyl groups is 2. The van der Waals surface area contributed by atoms with E-state index in [9.17, 15) is 24.6 Å². The van der Waals surface area contributed by atoms with Crippen molar-refractivity contribution in [1.29, 1.82) is 0 Å². The molecule has 3 aliphatic rings. The number of aldehydes is 1. The van der Waals surface area contributed by atoms with Crippen LogP contribution in [0.1, 0.15) is 103 Å². The maximum absolute atomic E-state index is 10.4. The van der Waals surface area contributed by atoms with E-state index in [0.29, 0.717) is 44.9 Å². The number of hydrogen-bond acceptors (Lipinski definition) is 13. The third-order valence-corrected chi connectivity index (χ3v) is 6.22. The van der Waals surface area contributed by atoms with Crippen LogP contribution in [0.4, 0.5) is 0 Å². The van der Waals surface area contributed by atoms with Gasteiger partial charge < -0.3 is 39.9 Å². The van der Waals surface area contributed by atoms with Crippen LogP contribution >= 0.6 is 0 Å². The van der Waals surface area contributed by atoms with Gasteiger partial charge in [0.2, 0.25) is 0 Å². The Balaban J connectivity index is 0. The van der Waals surface area contributed by atoms with Crippen molar-refractivity contribution in [3.8, 4) is 0 Å². The number of halogens is 1. The molecule has 234 valence electrons. The molecule has 15 nitrogen and oxygen atoms in total. The Morgan fingerprint density at radius 2 is 1.20 bits per heavy atom. The standard InChI is InChI=1S/C12H20O4.C6H11NO3.C6H10O3.IO4.Na/c13-11-7-3-1-5-9(11)15-12(14)8-4-2-6-10(12)16-11;8-6(9)4-2-1-3-5-7-10;7-5-3-1-2-4-6(8)9;2-1(3,4)5;/h9-10,13-14H,1-8H2;5,10H,1-4H2,(H,8,9);5H,1-4H2,(H,8,9);;/q;;;-1;+1/b;7-5+;;;. The topological polar surface area (TPSA) is 275 Å². The van der Waals surface area contributed by atoms with Crippen molar-refractivity contribution in [2.24, 2.45) is 5.16 Å². The first-order valence-corrected chi connectivity index (χ1v) is 16.6. The first kappa shape index (κ1) is 42.6. The molecule has 2 aliphatic carbocycles. The normalized spacial score (nSPS) is 26.6. The Labute approximate surface area is 267 Å². The van der Waals surface area contributed by atoms with Crippen molar-refractivity contribution in [2.45, 2.75) is 127 Å². The molecule has 0 spiro atoms. The van der Waals surface area contributed by atoms with Crippen LogP contribution in [0.2, 0.25) is 0 Å². The van der Waals surface area contributed by atoms with Gasteiger partial charge in [-0.05, 0) is 57.8 Å². The fraction of sp³-hybridized carbons (Fsp3) is 0.833. The Bertz CT molecular complexity index is 737. The summed E-state index contributed by atoms with van der Waals surface area (Å²) in [4.78, 5) is 29.5. The quantitative estimate of drug-likeness (QED) is 0.0267. The van der Waals surface area contributed by atoms with E-state index in [4.69, 9.17) is 38.6 Å². The van der Waals surface area contributed by atoms with E-state index in [1.54, 1.807) is 0 Å². The van der Waals surface area contributed by atoms with Crippen LogP contribution in [-0.4, -0.2) is 73.9 Å². The summed E-state index contributed by atoms with van der Waals surface area (Å²) < 4.78 is 46.0. The molecule has 1 aliphatic heterocycles. The number of ether oxygens (including phenoxy) is 2. The van der Waals surface area contributed by atoms with E-state index in [1.165, 1.54) is 6.21 Å². The molecule has 5 N–H and O–H groups in total. The van der Waals surface area contributed by atoms with Gasteiger partial charge in [0.1, 0.15) is 38.6 Å². The zero-order valence-electron chi connectivity index (χ0n) is 23.4. The number of nitrogens with zero attached hydrogens (tertiary/aromatic N) is 1. The maximum Gasteiger partial charge on any atom is 1.00 e. The number of oxime groups is 1. The largest absolute Gasteiger partial charge is 1.00 e. The Hall–Kier alpha value is -0.510. The average molecular weight is 717 g/mol. The van der Waals surface area contributed by atoms with E-state index in [-0.39, 0.29) is 54.6 Å². The second-order valence-electron chi connectivity index (χ2n) is 9.52. The Morgan fingerprint density at radius 3 is 1.54 bits per heavy atom. The second kappa shape index (κ2) is 22.9. The van der Waals surface area contributed by atoms with Crippen LogP contribution < -0.4 is 63.4 Å². The van der Waals surface area contributed by atoms with E-state index in [2.05, 4.69) is 5.16 Å². The molecule has 0 aromatic carbocycles. The molecule has 2 saturated carbocycles. The van der Waals surface area contributed by atoms with Gasteiger partial charge in [-0.2, -0.15) is 0 Å². The minimum Gasteiger partial charge on any atom is -0.481 e. The van der Waals surface area contributed by atoms with Gasteiger partial charge in [-0.1, -0.05) is 12.8 Å². The number of aliphatic carboxylic acids is 2.